The van der Waals surface area contributed by atoms with E-state index in [0.29, 0.717) is 31.2 Å². The highest BCUT2D eigenvalue weighted by Gasteiger charge is 2.37. The van der Waals surface area contributed by atoms with Crippen LogP contribution in [0.25, 0.3) is 10.9 Å². The standard InChI is InChI=1S/C20H30ClNO3Si/c1-7-24-19(23)10-11-22-17(14-25-26(5,6)20(2,3)4)13-15-12-16(21)8-9-18(15)22/h8-9,12-13H,7,10-11,14H2,1-6H3. The van der Waals surface area contributed by atoms with E-state index in [1.54, 1.807) is 0 Å². The van der Waals surface area contributed by atoms with Gasteiger partial charge in [-0.25, -0.2) is 0 Å². The number of benzene rings is 1. The van der Waals surface area contributed by atoms with Crippen molar-refractivity contribution >= 4 is 36.8 Å². The number of halogens is 1. The summed E-state index contributed by atoms with van der Waals surface area (Å²) in [5.74, 6) is -0.181. The van der Waals surface area contributed by atoms with Gasteiger partial charge in [0.15, 0.2) is 8.32 Å². The molecule has 1 heterocycles. The van der Waals surface area contributed by atoms with Crippen LogP contribution >= 0.6 is 11.6 Å². The Bertz CT molecular complexity index is 777. The van der Waals surface area contributed by atoms with Crippen molar-refractivity contribution in [3.63, 3.8) is 0 Å². The van der Waals surface area contributed by atoms with E-state index in [9.17, 15) is 4.79 Å². The van der Waals surface area contributed by atoms with Crippen molar-refractivity contribution in [3.8, 4) is 0 Å². The molecule has 6 heteroatoms. The summed E-state index contributed by atoms with van der Waals surface area (Å²) in [4.78, 5) is 11.8. The Kier molecular flexibility index (Phi) is 6.59. The SMILES string of the molecule is CCOC(=O)CCn1c(CO[Si](C)(C)C(C)(C)C)cc2cc(Cl)ccc21. The molecular weight excluding hydrogens is 366 g/mol. The molecule has 0 N–H and O–H groups in total. The first kappa shape index (κ1) is 21.0. The number of esters is 1. The van der Waals surface area contributed by atoms with Gasteiger partial charge in [-0.05, 0) is 49.3 Å². The Morgan fingerprint density at radius 3 is 2.54 bits per heavy atom. The highest BCUT2D eigenvalue weighted by Crippen LogP contribution is 2.37. The fourth-order valence-electron chi connectivity index (χ4n) is 2.59. The van der Waals surface area contributed by atoms with E-state index in [-0.39, 0.29) is 11.0 Å². The average molecular weight is 396 g/mol. The number of nitrogens with zero attached hydrogens (tertiary/aromatic N) is 1. The molecule has 1 aromatic carbocycles. The van der Waals surface area contributed by atoms with Crippen LogP contribution in [0.2, 0.25) is 23.2 Å². The van der Waals surface area contributed by atoms with Crippen LogP contribution in [0.15, 0.2) is 24.3 Å². The number of carbonyl (C=O) groups is 1. The second-order valence-electron chi connectivity index (χ2n) is 8.09. The molecule has 0 spiro atoms. The molecule has 0 fully saturated rings. The van der Waals surface area contributed by atoms with Crippen LogP contribution in [0.1, 0.15) is 39.8 Å². The Balaban J connectivity index is 2.29. The van der Waals surface area contributed by atoms with Gasteiger partial charge in [-0.2, -0.15) is 0 Å². The molecule has 0 aliphatic rings. The smallest absolute Gasteiger partial charge is 0.307 e. The van der Waals surface area contributed by atoms with Crippen molar-refractivity contribution in [1.82, 2.24) is 4.57 Å². The van der Waals surface area contributed by atoms with Gasteiger partial charge in [0.25, 0.3) is 0 Å². The molecule has 2 aromatic rings. The Morgan fingerprint density at radius 2 is 1.92 bits per heavy atom. The maximum Gasteiger partial charge on any atom is 0.307 e. The topological polar surface area (TPSA) is 40.5 Å². The summed E-state index contributed by atoms with van der Waals surface area (Å²) >= 11 is 6.15. The third kappa shape index (κ3) is 4.90. The van der Waals surface area contributed by atoms with Crippen LogP contribution < -0.4 is 0 Å². The van der Waals surface area contributed by atoms with Crippen LogP contribution in [0.5, 0.6) is 0 Å². The minimum atomic E-state index is -1.86. The number of aryl methyl sites for hydroxylation is 1. The summed E-state index contributed by atoms with van der Waals surface area (Å²) in [6, 6.07) is 7.94. The number of carbonyl (C=O) groups excluding carboxylic acids is 1. The molecule has 0 aliphatic heterocycles. The first-order valence-electron chi connectivity index (χ1n) is 9.12. The minimum absolute atomic E-state index is 0.151. The van der Waals surface area contributed by atoms with Gasteiger partial charge in [-0.1, -0.05) is 32.4 Å². The van der Waals surface area contributed by atoms with Gasteiger partial charge in [0.2, 0.25) is 0 Å². The van der Waals surface area contributed by atoms with Crippen LogP contribution in [-0.4, -0.2) is 25.5 Å². The number of rotatable bonds is 7. The van der Waals surface area contributed by atoms with Crippen molar-refractivity contribution in [2.75, 3.05) is 6.61 Å². The molecule has 0 bridgehead atoms. The number of ether oxygens (including phenoxy) is 1. The molecule has 0 radical (unpaired) electrons. The number of hydrogen-bond donors (Lipinski definition) is 0. The summed E-state index contributed by atoms with van der Waals surface area (Å²) in [6.07, 6.45) is 0.341. The Hall–Kier alpha value is -1.30. The third-order valence-electron chi connectivity index (χ3n) is 5.18. The zero-order valence-corrected chi connectivity index (χ0v) is 18.4. The second-order valence-corrected chi connectivity index (χ2v) is 13.3. The summed E-state index contributed by atoms with van der Waals surface area (Å²) < 4.78 is 13.6. The van der Waals surface area contributed by atoms with E-state index >= 15 is 0 Å². The first-order valence-corrected chi connectivity index (χ1v) is 12.4. The summed E-state index contributed by atoms with van der Waals surface area (Å²) in [5, 5.41) is 1.92. The predicted molar refractivity (Wildman–Crippen MR) is 110 cm³/mol. The van der Waals surface area contributed by atoms with Gasteiger partial charge >= 0.3 is 5.97 Å². The van der Waals surface area contributed by atoms with Gasteiger partial charge in [0.1, 0.15) is 0 Å². The maximum absolute atomic E-state index is 11.8. The number of fused-ring (bicyclic) bond motifs is 1. The molecule has 4 nitrogen and oxygen atoms in total. The van der Waals surface area contributed by atoms with Crippen LogP contribution in [0.4, 0.5) is 0 Å². The normalized spacial score (nSPS) is 12.6. The average Bonchev–Trinajstić information content (AvgIpc) is 2.87. The van der Waals surface area contributed by atoms with Gasteiger partial charge in [-0.15, -0.1) is 0 Å². The van der Waals surface area contributed by atoms with E-state index < -0.39 is 8.32 Å². The lowest BCUT2D eigenvalue weighted by molar-refractivity contribution is -0.143. The molecule has 0 amide bonds. The highest BCUT2D eigenvalue weighted by molar-refractivity contribution is 6.74. The van der Waals surface area contributed by atoms with Crippen molar-refractivity contribution < 1.29 is 14.0 Å². The van der Waals surface area contributed by atoms with E-state index in [1.165, 1.54) is 0 Å². The van der Waals surface area contributed by atoms with Crippen molar-refractivity contribution in [2.24, 2.45) is 0 Å². The number of hydrogen-bond acceptors (Lipinski definition) is 3. The van der Waals surface area contributed by atoms with Gasteiger partial charge in [-0.3, -0.25) is 4.79 Å². The van der Waals surface area contributed by atoms with Crippen molar-refractivity contribution in [2.45, 2.75) is 65.4 Å². The van der Waals surface area contributed by atoms with Crippen LogP contribution in [0.3, 0.4) is 0 Å². The summed E-state index contributed by atoms with van der Waals surface area (Å²) in [6.45, 7) is 14.5. The second kappa shape index (κ2) is 8.15. The number of aromatic nitrogens is 1. The quantitative estimate of drug-likeness (QED) is 0.441. The molecule has 2 rings (SSSR count). The Morgan fingerprint density at radius 1 is 1.23 bits per heavy atom. The molecule has 0 atom stereocenters. The summed E-state index contributed by atoms with van der Waals surface area (Å²) in [5.41, 5.74) is 2.13. The Labute approximate surface area is 162 Å². The van der Waals surface area contributed by atoms with E-state index in [2.05, 4.69) is 44.5 Å². The van der Waals surface area contributed by atoms with Crippen LogP contribution in [0, 0.1) is 0 Å². The lowest BCUT2D eigenvalue weighted by atomic mass is 10.2. The predicted octanol–water partition coefficient (Wildman–Crippen LogP) is 5.77. The zero-order valence-electron chi connectivity index (χ0n) is 16.7. The fraction of sp³-hybridized carbons (Fsp3) is 0.550. The van der Waals surface area contributed by atoms with Crippen molar-refractivity contribution in [3.05, 3.63) is 35.0 Å². The maximum atomic E-state index is 11.8. The van der Waals surface area contributed by atoms with Gasteiger partial charge < -0.3 is 13.7 Å². The largest absolute Gasteiger partial charge is 0.466 e. The van der Waals surface area contributed by atoms with Gasteiger partial charge in [0, 0.05) is 28.2 Å². The monoisotopic (exact) mass is 395 g/mol. The molecule has 0 saturated carbocycles. The first-order chi connectivity index (χ1) is 12.0. The van der Waals surface area contributed by atoms with E-state index in [1.807, 2.05) is 25.1 Å². The van der Waals surface area contributed by atoms with E-state index in [4.69, 9.17) is 20.8 Å². The summed E-state index contributed by atoms with van der Waals surface area (Å²) in [7, 11) is -1.86. The van der Waals surface area contributed by atoms with Crippen molar-refractivity contribution in [1.29, 1.82) is 0 Å². The third-order valence-corrected chi connectivity index (χ3v) is 9.89. The lowest BCUT2D eigenvalue weighted by Crippen LogP contribution is -2.40. The molecule has 26 heavy (non-hydrogen) atoms. The van der Waals surface area contributed by atoms with Crippen LogP contribution in [-0.2, 0) is 27.1 Å². The molecule has 0 unspecified atom stereocenters. The van der Waals surface area contributed by atoms with Gasteiger partial charge in [0.05, 0.1) is 19.6 Å². The molecule has 144 valence electrons. The minimum Gasteiger partial charge on any atom is -0.466 e. The molecule has 0 saturated heterocycles. The fourth-order valence-corrected chi connectivity index (χ4v) is 3.71. The lowest BCUT2D eigenvalue weighted by Gasteiger charge is -2.36. The molecular formula is C20H30ClNO3Si. The molecule has 1 aromatic heterocycles. The molecule has 0 aliphatic carbocycles. The highest BCUT2D eigenvalue weighted by atomic mass is 35.5. The van der Waals surface area contributed by atoms with E-state index in [0.717, 1.165) is 16.6 Å². The zero-order chi connectivity index (χ0) is 19.5.